The van der Waals surface area contributed by atoms with E-state index in [-0.39, 0.29) is 11.4 Å². The van der Waals surface area contributed by atoms with Crippen molar-refractivity contribution < 1.29 is 22.9 Å². The van der Waals surface area contributed by atoms with Crippen LogP contribution in [0.1, 0.15) is 13.3 Å². The van der Waals surface area contributed by atoms with Crippen LogP contribution in [-0.4, -0.2) is 51.8 Å². The minimum Gasteiger partial charge on any atom is -0.382 e. The third kappa shape index (κ3) is 6.50. The number of anilines is 1. The molecule has 134 valence electrons. The third-order valence-electron chi connectivity index (χ3n) is 3.01. The van der Waals surface area contributed by atoms with Gasteiger partial charge in [-0.15, -0.1) is 0 Å². The minimum atomic E-state index is -3.77. The number of nitro benzene ring substituents is 1. The van der Waals surface area contributed by atoms with Gasteiger partial charge in [-0.25, -0.2) is 8.42 Å². The Kier molecular flexibility index (Phi) is 7.59. The zero-order valence-electron chi connectivity index (χ0n) is 13.6. The number of ether oxygens (including phenoxy) is 1. The number of carbonyl (C=O) groups excluding carboxylic acids is 1. The molecule has 1 aromatic rings. The van der Waals surface area contributed by atoms with Crippen molar-refractivity contribution >= 4 is 27.3 Å². The van der Waals surface area contributed by atoms with Gasteiger partial charge in [0.1, 0.15) is 6.54 Å². The zero-order valence-corrected chi connectivity index (χ0v) is 14.4. The highest BCUT2D eigenvalue weighted by Gasteiger charge is 2.22. The lowest BCUT2D eigenvalue weighted by atomic mass is 10.3. The lowest BCUT2D eigenvalue weighted by molar-refractivity contribution is -0.384. The molecule has 0 saturated carbocycles. The van der Waals surface area contributed by atoms with Gasteiger partial charge in [-0.1, -0.05) is 6.07 Å². The Morgan fingerprint density at radius 3 is 2.71 bits per heavy atom. The Hall–Kier alpha value is -2.20. The first-order valence-corrected chi connectivity index (χ1v) is 9.17. The average Bonchev–Trinajstić information content (AvgIpc) is 2.51. The number of hydrogen-bond acceptors (Lipinski definition) is 6. The normalized spacial score (nSPS) is 11.1. The molecule has 24 heavy (non-hydrogen) atoms. The van der Waals surface area contributed by atoms with E-state index in [9.17, 15) is 23.3 Å². The van der Waals surface area contributed by atoms with Crippen molar-refractivity contribution in [3.05, 3.63) is 34.4 Å². The van der Waals surface area contributed by atoms with E-state index >= 15 is 0 Å². The molecule has 0 unspecified atom stereocenters. The summed E-state index contributed by atoms with van der Waals surface area (Å²) in [5, 5.41) is 13.4. The molecular weight excluding hydrogens is 338 g/mol. The Bertz CT molecular complexity index is 677. The maximum Gasteiger partial charge on any atom is 0.271 e. The molecule has 0 radical (unpaired) electrons. The zero-order chi connectivity index (χ0) is 18.2. The van der Waals surface area contributed by atoms with Gasteiger partial charge < -0.3 is 10.1 Å². The van der Waals surface area contributed by atoms with Crippen LogP contribution in [0.4, 0.5) is 11.4 Å². The SMILES string of the molecule is CCOCCCNC(=O)CN(c1cccc([N+](=O)[O-])c1)S(C)(=O)=O. The molecule has 1 N–H and O–H groups in total. The Morgan fingerprint density at radius 1 is 1.42 bits per heavy atom. The molecule has 1 rings (SSSR count). The standard InChI is InChI=1S/C14H21N3O6S/c1-3-23-9-5-8-15-14(18)11-16(24(2,21)22)12-6-4-7-13(10-12)17(19)20/h4,6-7,10H,3,5,8-9,11H2,1-2H3,(H,15,18). The molecule has 9 nitrogen and oxygen atoms in total. The molecule has 0 saturated heterocycles. The van der Waals surface area contributed by atoms with Crippen molar-refractivity contribution in [2.24, 2.45) is 0 Å². The van der Waals surface area contributed by atoms with Crippen LogP contribution in [0.5, 0.6) is 0 Å². The van der Waals surface area contributed by atoms with Crippen LogP contribution in [0.3, 0.4) is 0 Å². The summed E-state index contributed by atoms with van der Waals surface area (Å²) in [6.07, 6.45) is 1.55. The number of carbonyl (C=O) groups is 1. The number of nitrogens with one attached hydrogen (secondary N) is 1. The van der Waals surface area contributed by atoms with E-state index in [1.807, 2.05) is 6.92 Å². The van der Waals surface area contributed by atoms with Gasteiger partial charge in [0.2, 0.25) is 15.9 Å². The van der Waals surface area contributed by atoms with Crippen molar-refractivity contribution in [1.82, 2.24) is 5.32 Å². The van der Waals surface area contributed by atoms with Gasteiger partial charge in [-0.05, 0) is 19.4 Å². The predicted molar refractivity (Wildman–Crippen MR) is 89.4 cm³/mol. The predicted octanol–water partition coefficient (Wildman–Crippen LogP) is 0.904. The molecule has 10 heteroatoms. The second-order valence-corrected chi connectivity index (χ2v) is 6.85. The highest BCUT2D eigenvalue weighted by atomic mass is 32.2. The summed E-state index contributed by atoms with van der Waals surface area (Å²) in [5.41, 5.74) is -0.186. The molecular formula is C14H21N3O6S. The third-order valence-corrected chi connectivity index (χ3v) is 4.15. The highest BCUT2D eigenvalue weighted by Crippen LogP contribution is 2.22. The maximum atomic E-state index is 11.9. The number of benzene rings is 1. The molecule has 1 aromatic carbocycles. The first-order chi connectivity index (χ1) is 11.3. The lowest BCUT2D eigenvalue weighted by Crippen LogP contribution is -2.40. The summed E-state index contributed by atoms with van der Waals surface area (Å²) in [7, 11) is -3.77. The van der Waals surface area contributed by atoms with E-state index in [1.165, 1.54) is 18.2 Å². The Labute approximate surface area is 140 Å². The molecule has 0 heterocycles. The van der Waals surface area contributed by atoms with E-state index in [2.05, 4.69) is 5.32 Å². The van der Waals surface area contributed by atoms with Crippen LogP contribution in [0, 0.1) is 10.1 Å². The summed E-state index contributed by atoms with van der Waals surface area (Å²) in [6, 6.07) is 5.13. The first kappa shape index (κ1) is 19.8. The van der Waals surface area contributed by atoms with Crippen molar-refractivity contribution in [2.45, 2.75) is 13.3 Å². The minimum absolute atomic E-state index is 0.0659. The Morgan fingerprint density at radius 2 is 2.12 bits per heavy atom. The molecule has 0 aliphatic carbocycles. The summed E-state index contributed by atoms with van der Waals surface area (Å²) in [5.74, 6) is -0.497. The summed E-state index contributed by atoms with van der Waals surface area (Å²) < 4.78 is 29.8. The van der Waals surface area contributed by atoms with Crippen molar-refractivity contribution in [3.8, 4) is 0 Å². The molecule has 1 amide bonds. The first-order valence-electron chi connectivity index (χ1n) is 7.32. The highest BCUT2D eigenvalue weighted by molar-refractivity contribution is 7.92. The van der Waals surface area contributed by atoms with Crippen LogP contribution in [-0.2, 0) is 19.6 Å². The smallest absolute Gasteiger partial charge is 0.271 e. The molecule has 0 aromatic heterocycles. The maximum absolute atomic E-state index is 11.9. The number of nitro groups is 1. The average molecular weight is 359 g/mol. The van der Waals surface area contributed by atoms with Gasteiger partial charge in [-0.2, -0.15) is 0 Å². The van der Waals surface area contributed by atoms with Crippen molar-refractivity contribution in [2.75, 3.05) is 36.9 Å². The van der Waals surface area contributed by atoms with Crippen LogP contribution in [0.25, 0.3) is 0 Å². The fourth-order valence-corrected chi connectivity index (χ4v) is 2.74. The van der Waals surface area contributed by atoms with Gasteiger partial charge in [0.25, 0.3) is 5.69 Å². The van der Waals surface area contributed by atoms with E-state index in [1.54, 1.807) is 0 Å². The van der Waals surface area contributed by atoms with Gasteiger partial charge in [-0.3, -0.25) is 19.2 Å². The van der Waals surface area contributed by atoms with Crippen LogP contribution < -0.4 is 9.62 Å². The topological polar surface area (TPSA) is 119 Å². The second-order valence-electron chi connectivity index (χ2n) is 4.95. The molecule has 0 aliphatic rings. The van der Waals surface area contributed by atoms with E-state index < -0.39 is 27.4 Å². The number of hydrogen-bond donors (Lipinski definition) is 1. The van der Waals surface area contributed by atoms with Crippen LogP contribution >= 0.6 is 0 Å². The molecule has 0 bridgehead atoms. The number of sulfonamides is 1. The van der Waals surface area contributed by atoms with Crippen LogP contribution in [0.2, 0.25) is 0 Å². The second kappa shape index (κ2) is 9.18. The summed E-state index contributed by atoms with van der Waals surface area (Å²) in [6.45, 7) is 2.85. The van der Waals surface area contributed by atoms with Gasteiger partial charge in [0.05, 0.1) is 16.9 Å². The Balaban J connectivity index is 2.79. The quantitative estimate of drug-likeness (QED) is 0.377. The van der Waals surface area contributed by atoms with Gasteiger partial charge >= 0.3 is 0 Å². The molecule has 0 spiro atoms. The lowest BCUT2D eigenvalue weighted by Gasteiger charge is -2.21. The molecule has 0 atom stereocenters. The molecule has 0 aliphatic heterocycles. The van der Waals surface area contributed by atoms with E-state index in [0.717, 1.165) is 16.6 Å². The molecule has 0 fully saturated rings. The fraction of sp³-hybridized carbons (Fsp3) is 0.500. The monoisotopic (exact) mass is 359 g/mol. The number of amides is 1. The van der Waals surface area contributed by atoms with Crippen molar-refractivity contribution in [3.63, 3.8) is 0 Å². The van der Waals surface area contributed by atoms with E-state index in [4.69, 9.17) is 4.74 Å². The van der Waals surface area contributed by atoms with Gasteiger partial charge in [0.15, 0.2) is 0 Å². The number of nitrogens with zero attached hydrogens (tertiary/aromatic N) is 2. The van der Waals surface area contributed by atoms with Gasteiger partial charge in [0, 0.05) is 31.9 Å². The van der Waals surface area contributed by atoms with Crippen molar-refractivity contribution in [1.29, 1.82) is 0 Å². The summed E-state index contributed by atoms with van der Waals surface area (Å²) in [4.78, 5) is 22.1. The largest absolute Gasteiger partial charge is 0.382 e. The van der Waals surface area contributed by atoms with Crippen LogP contribution in [0.15, 0.2) is 24.3 Å². The van der Waals surface area contributed by atoms with E-state index in [0.29, 0.717) is 26.2 Å². The summed E-state index contributed by atoms with van der Waals surface area (Å²) >= 11 is 0. The number of non-ortho nitro benzene ring substituents is 1. The number of rotatable bonds is 10. The fourth-order valence-electron chi connectivity index (χ4n) is 1.89.